The third kappa shape index (κ3) is 5.13. The van der Waals surface area contributed by atoms with Crippen LogP contribution >= 0.6 is 0 Å². The lowest BCUT2D eigenvalue weighted by atomic mass is 10.2. The molecule has 0 aromatic carbocycles. The van der Waals surface area contributed by atoms with Crippen LogP contribution in [0.25, 0.3) is 0 Å². The summed E-state index contributed by atoms with van der Waals surface area (Å²) in [5.74, 6) is 0.958. The summed E-state index contributed by atoms with van der Waals surface area (Å²) >= 11 is 0. The Bertz CT molecular complexity index is 449. The first-order chi connectivity index (χ1) is 10.7. The molecule has 1 aliphatic heterocycles. The van der Waals surface area contributed by atoms with Crippen LogP contribution in [0, 0.1) is 6.92 Å². The summed E-state index contributed by atoms with van der Waals surface area (Å²) in [6, 6.07) is -0.187. The summed E-state index contributed by atoms with van der Waals surface area (Å²) < 4.78 is 1.91. The highest BCUT2D eigenvalue weighted by Gasteiger charge is 2.15. The van der Waals surface area contributed by atoms with Crippen molar-refractivity contribution in [3.63, 3.8) is 0 Å². The van der Waals surface area contributed by atoms with Gasteiger partial charge >= 0.3 is 0 Å². The summed E-state index contributed by atoms with van der Waals surface area (Å²) in [7, 11) is 0. The van der Waals surface area contributed by atoms with E-state index in [9.17, 15) is 4.79 Å². The third-order valence-corrected chi connectivity index (χ3v) is 4.56. The molecule has 1 saturated heterocycles. The van der Waals surface area contributed by atoms with Gasteiger partial charge in [0.1, 0.15) is 11.9 Å². The Morgan fingerprint density at radius 2 is 2.00 bits per heavy atom. The standard InChI is InChI=1S/C17H30N4O/c1-15(21-14-10-18-16(21)2)17(22)19-9-5-8-13-20-11-6-3-4-7-12-20/h10,14-15H,3-9,11-13H2,1-2H3,(H,19,22)/t15-/m0/s1. The van der Waals surface area contributed by atoms with Gasteiger partial charge in [0.2, 0.25) is 5.91 Å². The number of nitrogens with zero attached hydrogens (tertiary/aromatic N) is 3. The molecule has 0 unspecified atom stereocenters. The number of carbonyl (C=O) groups is 1. The molecule has 1 N–H and O–H groups in total. The van der Waals surface area contributed by atoms with E-state index in [2.05, 4.69) is 15.2 Å². The van der Waals surface area contributed by atoms with E-state index >= 15 is 0 Å². The fraction of sp³-hybridized carbons (Fsp3) is 0.765. The minimum Gasteiger partial charge on any atom is -0.354 e. The number of carbonyl (C=O) groups excluding carboxylic acids is 1. The van der Waals surface area contributed by atoms with Gasteiger partial charge in [0.25, 0.3) is 0 Å². The molecule has 0 aliphatic carbocycles. The van der Waals surface area contributed by atoms with E-state index in [0.717, 1.165) is 18.8 Å². The van der Waals surface area contributed by atoms with Crippen molar-refractivity contribution in [1.29, 1.82) is 0 Å². The van der Waals surface area contributed by atoms with E-state index in [1.54, 1.807) is 6.20 Å². The number of aromatic nitrogens is 2. The van der Waals surface area contributed by atoms with Crippen LogP contribution in [-0.2, 0) is 4.79 Å². The quantitative estimate of drug-likeness (QED) is 0.788. The molecule has 2 rings (SSSR count). The van der Waals surface area contributed by atoms with Crippen molar-refractivity contribution < 1.29 is 4.79 Å². The molecule has 0 spiro atoms. The molecule has 5 nitrogen and oxygen atoms in total. The number of rotatable bonds is 7. The second-order valence-electron chi connectivity index (χ2n) is 6.31. The Kier molecular flexibility index (Phi) is 6.90. The predicted molar refractivity (Wildman–Crippen MR) is 88.8 cm³/mol. The van der Waals surface area contributed by atoms with Crippen LogP contribution in [-0.4, -0.2) is 46.5 Å². The summed E-state index contributed by atoms with van der Waals surface area (Å²) in [5, 5.41) is 3.04. The maximum atomic E-state index is 12.1. The monoisotopic (exact) mass is 306 g/mol. The molecule has 0 bridgehead atoms. The summed E-state index contributed by atoms with van der Waals surface area (Å²) in [4.78, 5) is 18.9. The molecule has 0 saturated carbocycles. The zero-order valence-corrected chi connectivity index (χ0v) is 14.1. The molecular weight excluding hydrogens is 276 g/mol. The van der Waals surface area contributed by atoms with Gasteiger partial charge in [-0.25, -0.2) is 4.98 Å². The van der Waals surface area contributed by atoms with Crippen LogP contribution in [0.3, 0.4) is 0 Å². The first-order valence-corrected chi connectivity index (χ1v) is 8.68. The number of hydrogen-bond donors (Lipinski definition) is 1. The first-order valence-electron chi connectivity index (χ1n) is 8.68. The van der Waals surface area contributed by atoms with E-state index in [0.29, 0.717) is 0 Å². The number of amides is 1. The van der Waals surface area contributed by atoms with Gasteiger partial charge in [0, 0.05) is 18.9 Å². The van der Waals surface area contributed by atoms with Crippen molar-refractivity contribution in [2.75, 3.05) is 26.2 Å². The molecule has 2 heterocycles. The van der Waals surface area contributed by atoms with Crippen LogP contribution in [0.4, 0.5) is 0 Å². The SMILES string of the molecule is Cc1nccn1[C@@H](C)C(=O)NCCCCN1CCCCCC1. The summed E-state index contributed by atoms with van der Waals surface area (Å²) in [6.07, 6.45) is 11.3. The molecule has 1 amide bonds. The van der Waals surface area contributed by atoms with Gasteiger partial charge < -0.3 is 14.8 Å². The van der Waals surface area contributed by atoms with Gasteiger partial charge in [-0.3, -0.25) is 4.79 Å². The fourth-order valence-electron chi connectivity index (χ4n) is 3.10. The van der Waals surface area contributed by atoms with E-state index in [1.165, 1.54) is 51.7 Å². The summed E-state index contributed by atoms with van der Waals surface area (Å²) in [5.41, 5.74) is 0. The Labute approximate surface area is 134 Å². The minimum absolute atomic E-state index is 0.0795. The average molecular weight is 306 g/mol. The molecule has 1 aromatic rings. The molecular formula is C17H30N4O. The van der Waals surface area contributed by atoms with E-state index in [4.69, 9.17) is 0 Å². The lowest BCUT2D eigenvalue weighted by Crippen LogP contribution is -2.32. The topological polar surface area (TPSA) is 50.2 Å². The molecule has 22 heavy (non-hydrogen) atoms. The maximum Gasteiger partial charge on any atom is 0.242 e. The molecule has 1 aliphatic rings. The van der Waals surface area contributed by atoms with Crippen molar-refractivity contribution >= 4 is 5.91 Å². The second-order valence-corrected chi connectivity index (χ2v) is 6.31. The Balaban J connectivity index is 1.60. The number of aryl methyl sites for hydroxylation is 1. The van der Waals surface area contributed by atoms with Gasteiger partial charge in [0.05, 0.1) is 0 Å². The highest BCUT2D eigenvalue weighted by Crippen LogP contribution is 2.10. The van der Waals surface area contributed by atoms with Crippen LogP contribution in [0.2, 0.25) is 0 Å². The fourth-order valence-corrected chi connectivity index (χ4v) is 3.10. The van der Waals surface area contributed by atoms with Crippen LogP contribution in [0.1, 0.15) is 57.3 Å². The molecule has 1 aromatic heterocycles. The van der Waals surface area contributed by atoms with Crippen LogP contribution in [0.5, 0.6) is 0 Å². The zero-order chi connectivity index (χ0) is 15.8. The highest BCUT2D eigenvalue weighted by atomic mass is 16.2. The number of hydrogen-bond acceptors (Lipinski definition) is 3. The van der Waals surface area contributed by atoms with Crippen molar-refractivity contribution in [2.45, 2.75) is 58.4 Å². The lowest BCUT2D eigenvalue weighted by Gasteiger charge is -2.19. The lowest BCUT2D eigenvalue weighted by molar-refractivity contribution is -0.123. The third-order valence-electron chi connectivity index (χ3n) is 4.56. The van der Waals surface area contributed by atoms with Gasteiger partial charge in [0.15, 0.2) is 0 Å². The number of nitrogens with one attached hydrogen (secondary N) is 1. The van der Waals surface area contributed by atoms with Gasteiger partial charge in [-0.05, 0) is 59.2 Å². The van der Waals surface area contributed by atoms with Gasteiger partial charge in [-0.1, -0.05) is 12.8 Å². The molecule has 5 heteroatoms. The minimum atomic E-state index is -0.187. The Hall–Kier alpha value is -1.36. The number of unbranched alkanes of at least 4 members (excludes halogenated alkanes) is 1. The van der Waals surface area contributed by atoms with Crippen LogP contribution in [0.15, 0.2) is 12.4 Å². The van der Waals surface area contributed by atoms with Crippen molar-refractivity contribution in [3.8, 4) is 0 Å². The molecule has 124 valence electrons. The largest absolute Gasteiger partial charge is 0.354 e. The molecule has 1 atom stereocenters. The van der Waals surface area contributed by atoms with Crippen LogP contribution < -0.4 is 5.32 Å². The predicted octanol–water partition coefficient (Wildman–Crippen LogP) is 2.52. The van der Waals surface area contributed by atoms with Crippen molar-refractivity contribution in [2.24, 2.45) is 0 Å². The van der Waals surface area contributed by atoms with Gasteiger partial charge in [-0.15, -0.1) is 0 Å². The first kappa shape index (κ1) is 17.0. The second kappa shape index (κ2) is 8.93. The molecule has 1 fully saturated rings. The summed E-state index contributed by atoms with van der Waals surface area (Å²) in [6.45, 7) is 8.29. The van der Waals surface area contributed by atoms with Crippen molar-refractivity contribution in [1.82, 2.24) is 19.8 Å². The van der Waals surface area contributed by atoms with E-state index < -0.39 is 0 Å². The van der Waals surface area contributed by atoms with E-state index in [-0.39, 0.29) is 11.9 Å². The normalized spacial score (nSPS) is 17.9. The Morgan fingerprint density at radius 1 is 1.27 bits per heavy atom. The number of likely N-dealkylation sites (tertiary alicyclic amines) is 1. The average Bonchev–Trinajstić information content (AvgIpc) is 2.78. The Morgan fingerprint density at radius 3 is 2.64 bits per heavy atom. The zero-order valence-electron chi connectivity index (χ0n) is 14.1. The van der Waals surface area contributed by atoms with E-state index in [1.807, 2.05) is 24.6 Å². The highest BCUT2D eigenvalue weighted by molar-refractivity contribution is 5.79. The smallest absolute Gasteiger partial charge is 0.242 e. The number of imidazole rings is 1. The van der Waals surface area contributed by atoms with Crippen molar-refractivity contribution in [3.05, 3.63) is 18.2 Å². The maximum absolute atomic E-state index is 12.1. The molecule has 0 radical (unpaired) electrons. The van der Waals surface area contributed by atoms with Gasteiger partial charge in [-0.2, -0.15) is 0 Å².